The summed E-state index contributed by atoms with van der Waals surface area (Å²) in [4.78, 5) is 18.8. The fourth-order valence-corrected chi connectivity index (χ4v) is 6.29. The Labute approximate surface area is 180 Å². The number of imidazole rings is 1. The van der Waals surface area contributed by atoms with Crippen LogP contribution >= 0.6 is 11.8 Å². The molecular formula is C24H25N5S. The van der Waals surface area contributed by atoms with Crippen LogP contribution in [0.15, 0.2) is 64.9 Å². The summed E-state index contributed by atoms with van der Waals surface area (Å²) in [5.74, 6) is 1.03. The first-order valence-electron chi connectivity index (χ1n) is 10.9. The minimum Gasteiger partial charge on any atom is -0.342 e. The number of pyridine rings is 1. The Kier molecular flexibility index (Phi) is 4.41. The first-order valence-corrected chi connectivity index (χ1v) is 11.7. The molecule has 6 heteroatoms. The molecule has 4 heterocycles. The summed E-state index contributed by atoms with van der Waals surface area (Å²) in [5, 5.41) is 1.16. The molecule has 4 aromatic rings. The van der Waals surface area contributed by atoms with Crippen LogP contribution in [0.4, 0.5) is 5.95 Å². The van der Waals surface area contributed by atoms with E-state index in [1.165, 1.54) is 43.4 Å². The number of hydrogen-bond acceptors (Lipinski definition) is 5. The smallest absolute Gasteiger partial charge is 0.211 e. The van der Waals surface area contributed by atoms with Gasteiger partial charge in [0.05, 0.1) is 10.4 Å². The van der Waals surface area contributed by atoms with E-state index in [0.29, 0.717) is 5.41 Å². The fourth-order valence-electron chi connectivity index (χ4n) is 5.28. The molecule has 0 atom stereocenters. The zero-order valence-corrected chi connectivity index (χ0v) is 17.8. The van der Waals surface area contributed by atoms with Gasteiger partial charge < -0.3 is 4.90 Å². The fraction of sp³-hybridized carbons (Fsp3) is 0.375. The molecule has 1 spiro atoms. The minimum absolute atomic E-state index is 0.614. The lowest BCUT2D eigenvalue weighted by Gasteiger charge is -2.39. The zero-order chi connectivity index (χ0) is 20.0. The van der Waals surface area contributed by atoms with Crippen LogP contribution in [0.2, 0.25) is 0 Å². The number of hydrogen-bond donors (Lipinski definition) is 0. The van der Waals surface area contributed by atoms with E-state index in [1.807, 2.05) is 30.9 Å². The Morgan fingerprint density at radius 1 is 0.833 bits per heavy atom. The molecule has 1 aliphatic carbocycles. The van der Waals surface area contributed by atoms with Gasteiger partial charge in [0, 0.05) is 48.2 Å². The highest BCUT2D eigenvalue weighted by atomic mass is 32.2. The van der Waals surface area contributed by atoms with Crippen molar-refractivity contribution in [1.82, 2.24) is 19.4 Å². The summed E-state index contributed by atoms with van der Waals surface area (Å²) in [7, 11) is 0. The van der Waals surface area contributed by atoms with Crippen molar-refractivity contribution >= 4 is 34.3 Å². The number of rotatable bonds is 3. The summed E-state index contributed by atoms with van der Waals surface area (Å²) >= 11 is 1.72. The second-order valence-electron chi connectivity index (χ2n) is 8.67. The van der Waals surface area contributed by atoms with Crippen LogP contribution in [-0.4, -0.2) is 32.4 Å². The van der Waals surface area contributed by atoms with Crippen LogP contribution < -0.4 is 4.90 Å². The normalized spacial score (nSPS) is 18.6. The summed E-state index contributed by atoms with van der Waals surface area (Å²) in [6.07, 6.45) is 16.0. The number of anilines is 1. The molecule has 2 aliphatic rings. The lowest BCUT2D eigenvalue weighted by atomic mass is 9.77. The highest BCUT2D eigenvalue weighted by Gasteiger charge is 2.37. The van der Waals surface area contributed by atoms with Crippen molar-refractivity contribution in [2.75, 3.05) is 18.0 Å². The number of aromatic nitrogens is 4. The zero-order valence-electron chi connectivity index (χ0n) is 17.0. The van der Waals surface area contributed by atoms with Gasteiger partial charge >= 0.3 is 0 Å². The van der Waals surface area contributed by atoms with Gasteiger partial charge in [-0.3, -0.25) is 9.38 Å². The standard InChI is InChI=1S/C24H25N5S/c1-2-9-24(8-1)10-14-28(15-11-24)23-27-17-21(22-26-13-16-29(22)23)30-20-7-3-6-19-18(20)5-4-12-25-19/h3-7,12-13,16-17H,1-2,8-11,14-15H2. The van der Waals surface area contributed by atoms with Crippen LogP contribution in [0, 0.1) is 5.41 Å². The molecule has 0 amide bonds. The van der Waals surface area contributed by atoms with Gasteiger partial charge in [-0.15, -0.1) is 0 Å². The molecule has 1 saturated carbocycles. The average molecular weight is 416 g/mol. The van der Waals surface area contributed by atoms with Crippen molar-refractivity contribution in [3.8, 4) is 0 Å². The predicted octanol–water partition coefficient (Wildman–Crippen LogP) is 5.59. The first kappa shape index (κ1) is 18.2. The van der Waals surface area contributed by atoms with Crippen LogP contribution in [0.5, 0.6) is 0 Å². The van der Waals surface area contributed by atoms with E-state index in [0.717, 1.165) is 40.5 Å². The van der Waals surface area contributed by atoms with Crippen molar-refractivity contribution in [1.29, 1.82) is 0 Å². The predicted molar refractivity (Wildman–Crippen MR) is 121 cm³/mol. The maximum Gasteiger partial charge on any atom is 0.211 e. The molecule has 30 heavy (non-hydrogen) atoms. The van der Waals surface area contributed by atoms with Crippen LogP contribution in [-0.2, 0) is 0 Å². The largest absolute Gasteiger partial charge is 0.342 e. The quantitative estimate of drug-likeness (QED) is 0.436. The molecule has 1 aromatic carbocycles. The maximum absolute atomic E-state index is 4.91. The Hall–Kier alpha value is -2.60. The van der Waals surface area contributed by atoms with Gasteiger partial charge in [-0.05, 0) is 49.3 Å². The summed E-state index contributed by atoms with van der Waals surface area (Å²) in [6, 6.07) is 10.4. The molecule has 3 aromatic heterocycles. The summed E-state index contributed by atoms with van der Waals surface area (Å²) < 4.78 is 2.17. The number of nitrogens with zero attached hydrogens (tertiary/aromatic N) is 5. The van der Waals surface area contributed by atoms with Gasteiger partial charge in [-0.25, -0.2) is 9.97 Å². The van der Waals surface area contributed by atoms with E-state index in [-0.39, 0.29) is 0 Å². The van der Waals surface area contributed by atoms with Gasteiger partial charge in [-0.2, -0.15) is 0 Å². The lowest BCUT2D eigenvalue weighted by Crippen LogP contribution is -2.40. The SMILES string of the molecule is c1cc(Sc2cnc(N3CCC4(CCCC4)CC3)n3ccnc23)c2cccnc2c1. The third kappa shape index (κ3) is 3.05. The second-order valence-corrected chi connectivity index (χ2v) is 9.75. The molecule has 1 saturated heterocycles. The molecule has 0 N–H and O–H groups in total. The van der Waals surface area contributed by atoms with E-state index < -0.39 is 0 Å². The van der Waals surface area contributed by atoms with Crippen molar-refractivity contribution < 1.29 is 0 Å². The first-order chi connectivity index (χ1) is 14.8. The Morgan fingerprint density at radius 2 is 1.70 bits per heavy atom. The van der Waals surface area contributed by atoms with Gasteiger partial charge in [-0.1, -0.05) is 36.7 Å². The van der Waals surface area contributed by atoms with E-state index in [4.69, 9.17) is 4.98 Å². The molecule has 152 valence electrons. The third-order valence-corrected chi connectivity index (χ3v) is 8.05. The molecular weight excluding hydrogens is 390 g/mol. The maximum atomic E-state index is 4.91. The van der Waals surface area contributed by atoms with Crippen molar-refractivity contribution in [3.63, 3.8) is 0 Å². The molecule has 0 unspecified atom stereocenters. The average Bonchev–Trinajstić information content (AvgIpc) is 3.46. The topological polar surface area (TPSA) is 46.3 Å². The monoisotopic (exact) mass is 415 g/mol. The Balaban J connectivity index is 1.32. The van der Waals surface area contributed by atoms with Crippen LogP contribution in [0.3, 0.4) is 0 Å². The van der Waals surface area contributed by atoms with E-state index >= 15 is 0 Å². The van der Waals surface area contributed by atoms with Crippen LogP contribution in [0.25, 0.3) is 16.6 Å². The number of piperidine rings is 1. The lowest BCUT2D eigenvalue weighted by molar-refractivity contribution is 0.225. The summed E-state index contributed by atoms with van der Waals surface area (Å²) in [5.41, 5.74) is 2.61. The molecule has 0 bridgehead atoms. The van der Waals surface area contributed by atoms with Gasteiger partial charge in [0.1, 0.15) is 0 Å². The van der Waals surface area contributed by atoms with Gasteiger partial charge in [0.25, 0.3) is 0 Å². The minimum atomic E-state index is 0.614. The van der Waals surface area contributed by atoms with Crippen molar-refractivity contribution in [2.24, 2.45) is 5.41 Å². The van der Waals surface area contributed by atoms with Gasteiger partial charge in [0.15, 0.2) is 5.65 Å². The second kappa shape index (κ2) is 7.27. The van der Waals surface area contributed by atoms with Crippen molar-refractivity contribution in [2.45, 2.75) is 48.3 Å². The molecule has 2 fully saturated rings. The van der Waals surface area contributed by atoms with Crippen molar-refractivity contribution in [3.05, 3.63) is 55.1 Å². The summed E-state index contributed by atoms with van der Waals surface area (Å²) in [6.45, 7) is 2.20. The van der Waals surface area contributed by atoms with Gasteiger partial charge in [0.2, 0.25) is 5.95 Å². The highest BCUT2D eigenvalue weighted by Crippen LogP contribution is 2.46. The van der Waals surface area contributed by atoms with E-state index in [1.54, 1.807) is 11.8 Å². The van der Waals surface area contributed by atoms with E-state index in [2.05, 4.69) is 43.5 Å². The number of fused-ring (bicyclic) bond motifs is 2. The number of benzene rings is 1. The Bertz CT molecular complexity index is 1200. The highest BCUT2D eigenvalue weighted by molar-refractivity contribution is 7.99. The third-order valence-electron chi connectivity index (χ3n) is 6.97. The van der Waals surface area contributed by atoms with E-state index in [9.17, 15) is 0 Å². The molecule has 6 rings (SSSR count). The molecule has 1 aliphatic heterocycles. The molecule has 5 nitrogen and oxygen atoms in total. The Morgan fingerprint density at radius 3 is 2.57 bits per heavy atom. The molecule has 0 radical (unpaired) electrons. The van der Waals surface area contributed by atoms with Crippen LogP contribution in [0.1, 0.15) is 38.5 Å².